The van der Waals surface area contributed by atoms with Gasteiger partial charge in [-0.3, -0.25) is 0 Å². The molecule has 20 heavy (non-hydrogen) atoms. The third kappa shape index (κ3) is 3.49. The minimum Gasteiger partial charge on any atom is -0.487 e. The molecule has 0 aliphatic heterocycles. The molecule has 0 saturated carbocycles. The zero-order valence-electron chi connectivity index (χ0n) is 10.2. The molecular formula is C14H10BrClFNO2. The molecule has 0 radical (unpaired) electrons. The van der Waals surface area contributed by atoms with E-state index in [1.54, 1.807) is 30.3 Å². The molecule has 0 atom stereocenters. The molecule has 0 bridgehead atoms. The van der Waals surface area contributed by atoms with Gasteiger partial charge in [0.15, 0.2) is 0 Å². The molecule has 1 N–H and O–H groups in total. The molecule has 2 aromatic carbocycles. The molecular weight excluding hydrogens is 349 g/mol. The monoisotopic (exact) mass is 357 g/mol. The summed E-state index contributed by atoms with van der Waals surface area (Å²) in [5.41, 5.74) is 0.921. The van der Waals surface area contributed by atoms with Crippen LogP contribution in [0.15, 0.2) is 46.0 Å². The van der Waals surface area contributed by atoms with Crippen LogP contribution in [0.4, 0.5) is 4.39 Å². The number of oxime groups is 1. The van der Waals surface area contributed by atoms with Gasteiger partial charge in [0.2, 0.25) is 0 Å². The second-order valence-corrected chi connectivity index (χ2v) is 5.22. The van der Waals surface area contributed by atoms with Crippen LogP contribution in [0.25, 0.3) is 0 Å². The Morgan fingerprint density at radius 1 is 1.35 bits per heavy atom. The van der Waals surface area contributed by atoms with Crippen LogP contribution < -0.4 is 4.74 Å². The van der Waals surface area contributed by atoms with Crippen molar-refractivity contribution in [2.45, 2.75) is 6.61 Å². The highest BCUT2D eigenvalue weighted by Crippen LogP contribution is 2.32. The summed E-state index contributed by atoms with van der Waals surface area (Å²) in [6, 6.07) is 9.58. The largest absolute Gasteiger partial charge is 0.487 e. The van der Waals surface area contributed by atoms with Crippen molar-refractivity contribution in [1.29, 1.82) is 0 Å². The van der Waals surface area contributed by atoms with Crippen molar-refractivity contribution in [1.82, 2.24) is 0 Å². The zero-order chi connectivity index (χ0) is 14.5. The summed E-state index contributed by atoms with van der Waals surface area (Å²) in [7, 11) is 0. The molecule has 0 spiro atoms. The lowest BCUT2D eigenvalue weighted by atomic mass is 10.2. The molecule has 0 heterocycles. The van der Waals surface area contributed by atoms with E-state index in [0.717, 1.165) is 0 Å². The second kappa shape index (κ2) is 6.72. The van der Waals surface area contributed by atoms with Gasteiger partial charge in [0.25, 0.3) is 0 Å². The third-order valence-corrected chi connectivity index (χ3v) is 3.37. The Morgan fingerprint density at radius 3 is 2.80 bits per heavy atom. The Balaban J connectivity index is 2.27. The molecule has 0 saturated heterocycles. The van der Waals surface area contributed by atoms with Crippen molar-refractivity contribution in [3.8, 4) is 5.75 Å². The first kappa shape index (κ1) is 14.8. The summed E-state index contributed by atoms with van der Waals surface area (Å²) in [6.45, 7) is 0.0547. The van der Waals surface area contributed by atoms with Crippen LogP contribution in [0, 0.1) is 5.82 Å². The molecule has 0 unspecified atom stereocenters. The van der Waals surface area contributed by atoms with Gasteiger partial charge in [-0.2, -0.15) is 0 Å². The highest BCUT2D eigenvalue weighted by atomic mass is 79.9. The molecule has 104 valence electrons. The molecule has 0 fully saturated rings. The summed E-state index contributed by atoms with van der Waals surface area (Å²) in [5.74, 6) is 0.0883. The number of ether oxygens (including phenoxy) is 1. The van der Waals surface area contributed by atoms with E-state index in [2.05, 4.69) is 21.1 Å². The van der Waals surface area contributed by atoms with Crippen molar-refractivity contribution < 1.29 is 14.3 Å². The van der Waals surface area contributed by atoms with Gasteiger partial charge in [-0.1, -0.05) is 35.0 Å². The molecule has 0 aliphatic rings. The molecule has 3 nitrogen and oxygen atoms in total. The summed E-state index contributed by atoms with van der Waals surface area (Å²) in [6.07, 6.45) is 1.20. The van der Waals surface area contributed by atoms with Gasteiger partial charge in [0.1, 0.15) is 18.2 Å². The van der Waals surface area contributed by atoms with Gasteiger partial charge in [0, 0.05) is 16.1 Å². The Morgan fingerprint density at radius 2 is 2.10 bits per heavy atom. The SMILES string of the molecule is ON=Cc1cc(Cl)cc(Br)c1OCc1ccccc1F. The average Bonchev–Trinajstić information content (AvgIpc) is 2.40. The number of hydrogen-bond acceptors (Lipinski definition) is 3. The van der Waals surface area contributed by atoms with Gasteiger partial charge in [-0.15, -0.1) is 0 Å². The van der Waals surface area contributed by atoms with Gasteiger partial charge in [0.05, 0.1) is 10.7 Å². The predicted octanol–water partition coefficient (Wildman–Crippen LogP) is 4.63. The van der Waals surface area contributed by atoms with Crippen LogP contribution >= 0.6 is 27.5 Å². The van der Waals surface area contributed by atoms with Crippen LogP contribution in [0.3, 0.4) is 0 Å². The lowest BCUT2D eigenvalue weighted by Crippen LogP contribution is -2.01. The minimum absolute atomic E-state index is 0.0547. The lowest BCUT2D eigenvalue weighted by molar-refractivity contribution is 0.296. The standard InChI is InChI=1S/C14H10BrClFNO2/c15-12-6-11(16)5-10(7-18-19)14(12)20-8-9-3-1-2-4-13(9)17/h1-7,19H,8H2. The first-order valence-electron chi connectivity index (χ1n) is 5.64. The molecule has 6 heteroatoms. The number of rotatable bonds is 4. The van der Waals surface area contributed by atoms with E-state index in [9.17, 15) is 4.39 Å². The fraction of sp³-hybridized carbons (Fsp3) is 0.0714. The number of nitrogens with zero attached hydrogens (tertiary/aromatic N) is 1. The van der Waals surface area contributed by atoms with Crippen LogP contribution in [0.1, 0.15) is 11.1 Å². The van der Waals surface area contributed by atoms with E-state index >= 15 is 0 Å². The molecule has 2 aromatic rings. The van der Waals surface area contributed by atoms with Gasteiger partial charge in [-0.05, 0) is 34.1 Å². The van der Waals surface area contributed by atoms with Gasteiger partial charge in [-0.25, -0.2) is 4.39 Å². The van der Waals surface area contributed by atoms with E-state index < -0.39 is 0 Å². The van der Waals surface area contributed by atoms with Crippen LogP contribution in [-0.4, -0.2) is 11.4 Å². The topological polar surface area (TPSA) is 41.8 Å². The molecule has 0 amide bonds. The van der Waals surface area contributed by atoms with E-state index in [4.69, 9.17) is 21.5 Å². The van der Waals surface area contributed by atoms with Crippen molar-refractivity contribution in [2.75, 3.05) is 0 Å². The first-order valence-corrected chi connectivity index (χ1v) is 6.81. The zero-order valence-corrected chi connectivity index (χ0v) is 12.5. The molecule has 0 aliphatic carbocycles. The Hall–Kier alpha value is -1.59. The van der Waals surface area contributed by atoms with Gasteiger partial charge >= 0.3 is 0 Å². The van der Waals surface area contributed by atoms with Crippen molar-refractivity contribution in [3.05, 3.63) is 62.8 Å². The summed E-state index contributed by atoms with van der Waals surface area (Å²) >= 11 is 9.22. The number of benzene rings is 2. The van der Waals surface area contributed by atoms with E-state index in [-0.39, 0.29) is 12.4 Å². The fourth-order valence-corrected chi connectivity index (χ4v) is 2.60. The molecule has 0 aromatic heterocycles. The first-order chi connectivity index (χ1) is 9.61. The number of hydrogen-bond donors (Lipinski definition) is 1. The molecule has 2 rings (SSSR count). The van der Waals surface area contributed by atoms with E-state index in [1.165, 1.54) is 12.3 Å². The highest BCUT2D eigenvalue weighted by Gasteiger charge is 2.11. The lowest BCUT2D eigenvalue weighted by Gasteiger charge is -2.12. The van der Waals surface area contributed by atoms with E-state index in [0.29, 0.717) is 26.4 Å². The predicted molar refractivity (Wildman–Crippen MR) is 79.3 cm³/mol. The smallest absolute Gasteiger partial charge is 0.142 e. The summed E-state index contributed by atoms with van der Waals surface area (Å²) < 4.78 is 19.7. The van der Waals surface area contributed by atoms with Crippen molar-refractivity contribution in [3.63, 3.8) is 0 Å². The quantitative estimate of drug-likeness (QED) is 0.492. The Bertz CT molecular complexity index is 649. The highest BCUT2D eigenvalue weighted by molar-refractivity contribution is 9.10. The maximum Gasteiger partial charge on any atom is 0.142 e. The number of halogens is 3. The maximum absolute atomic E-state index is 13.5. The third-order valence-electron chi connectivity index (χ3n) is 2.56. The second-order valence-electron chi connectivity index (χ2n) is 3.93. The van der Waals surface area contributed by atoms with Crippen LogP contribution in [0.2, 0.25) is 5.02 Å². The van der Waals surface area contributed by atoms with Gasteiger partial charge < -0.3 is 9.94 Å². The Kier molecular flexibility index (Phi) is 4.98. The maximum atomic E-state index is 13.5. The van der Waals surface area contributed by atoms with E-state index in [1.807, 2.05) is 0 Å². The Labute approximate surface area is 128 Å². The summed E-state index contributed by atoms with van der Waals surface area (Å²) in [5, 5.41) is 12.1. The average molecular weight is 359 g/mol. The fourth-order valence-electron chi connectivity index (χ4n) is 1.66. The van der Waals surface area contributed by atoms with Crippen LogP contribution in [0.5, 0.6) is 5.75 Å². The minimum atomic E-state index is -0.338. The summed E-state index contributed by atoms with van der Waals surface area (Å²) in [4.78, 5) is 0. The van der Waals surface area contributed by atoms with Crippen LogP contribution in [-0.2, 0) is 6.61 Å². The van der Waals surface area contributed by atoms with Crippen molar-refractivity contribution in [2.24, 2.45) is 5.16 Å². The van der Waals surface area contributed by atoms with Crippen molar-refractivity contribution >= 4 is 33.7 Å². The normalized spacial score (nSPS) is 10.9.